The lowest BCUT2D eigenvalue weighted by Crippen LogP contribution is -2.53. The van der Waals surface area contributed by atoms with Crippen molar-refractivity contribution in [1.82, 2.24) is 10.6 Å². The maximum absolute atomic E-state index is 12.8. The summed E-state index contributed by atoms with van der Waals surface area (Å²) in [4.78, 5) is 36.6. The molecule has 0 aliphatic carbocycles. The van der Waals surface area contributed by atoms with Crippen LogP contribution in [0.25, 0.3) is 0 Å². The first-order chi connectivity index (χ1) is 13.9. The van der Waals surface area contributed by atoms with Gasteiger partial charge < -0.3 is 15.4 Å². The third-order valence-corrected chi connectivity index (χ3v) is 4.27. The number of hydrogen-bond acceptors (Lipinski definition) is 5. The highest BCUT2D eigenvalue weighted by atomic mass is 16.5. The van der Waals surface area contributed by atoms with E-state index in [2.05, 4.69) is 10.6 Å². The van der Waals surface area contributed by atoms with E-state index in [1.165, 1.54) is 14.0 Å². The highest BCUT2D eigenvalue weighted by molar-refractivity contribution is 5.90. The fraction of sp³-hybridized carbons (Fsp3) is 0.273. The van der Waals surface area contributed by atoms with Gasteiger partial charge in [0.25, 0.3) is 0 Å². The van der Waals surface area contributed by atoms with Crippen molar-refractivity contribution >= 4 is 17.8 Å². The van der Waals surface area contributed by atoms with Crippen LogP contribution in [0.1, 0.15) is 23.6 Å². The molecule has 0 bridgehead atoms. The molecule has 0 saturated heterocycles. The Hall–Kier alpha value is -3.66. The maximum atomic E-state index is 12.8. The van der Waals surface area contributed by atoms with Crippen LogP contribution >= 0.6 is 0 Å². The summed E-state index contributed by atoms with van der Waals surface area (Å²) in [6, 6.07) is 16.3. The van der Waals surface area contributed by atoms with Gasteiger partial charge in [-0.1, -0.05) is 42.5 Å². The van der Waals surface area contributed by atoms with Crippen LogP contribution in [0.3, 0.4) is 0 Å². The second-order valence-electron chi connectivity index (χ2n) is 6.54. The number of nitrogens with zero attached hydrogens (tertiary/aromatic N) is 1. The summed E-state index contributed by atoms with van der Waals surface area (Å²) in [5, 5.41) is 14.3. The molecule has 0 unspecified atom stereocenters. The van der Waals surface area contributed by atoms with Gasteiger partial charge in [0.2, 0.25) is 11.8 Å². The molecule has 0 spiro atoms. The largest absolute Gasteiger partial charge is 0.467 e. The van der Waals surface area contributed by atoms with Crippen LogP contribution in [0.4, 0.5) is 0 Å². The molecule has 0 saturated carbocycles. The first-order valence-electron chi connectivity index (χ1n) is 9.11. The Morgan fingerprint density at radius 3 is 2.24 bits per heavy atom. The molecule has 150 valence electrons. The first-order valence-corrected chi connectivity index (χ1v) is 9.11. The Morgan fingerprint density at radius 2 is 1.62 bits per heavy atom. The van der Waals surface area contributed by atoms with Gasteiger partial charge in [-0.25, -0.2) is 4.79 Å². The van der Waals surface area contributed by atoms with Crippen molar-refractivity contribution in [3.63, 3.8) is 0 Å². The molecule has 2 aromatic rings. The zero-order valence-electron chi connectivity index (χ0n) is 16.3. The predicted octanol–water partition coefficient (Wildman–Crippen LogP) is 1.51. The molecule has 0 heterocycles. The molecule has 0 aliphatic rings. The molecule has 0 aromatic heterocycles. The van der Waals surface area contributed by atoms with Gasteiger partial charge in [-0.05, 0) is 23.3 Å². The fourth-order valence-electron chi connectivity index (χ4n) is 2.92. The van der Waals surface area contributed by atoms with Gasteiger partial charge in [-0.3, -0.25) is 9.59 Å². The number of nitrogens with one attached hydrogen (secondary N) is 2. The van der Waals surface area contributed by atoms with Crippen molar-refractivity contribution in [1.29, 1.82) is 5.26 Å². The number of carbonyl (C=O) groups is 3. The zero-order chi connectivity index (χ0) is 21.2. The Bertz CT molecular complexity index is 906. The van der Waals surface area contributed by atoms with Gasteiger partial charge >= 0.3 is 5.97 Å². The normalized spacial score (nSPS) is 12.2. The average Bonchev–Trinajstić information content (AvgIpc) is 2.72. The highest BCUT2D eigenvalue weighted by Crippen LogP contribution is 2.09. The smallest absolute Gasteiger partial charge is 0.328 e. The minimum absolute atomic E-state index is 0.159. The molecule has 2 atom stereocenters. The molecule has 2 rings (SSSR count). The van der Waals surface area contributed by atoms with Crippen LogP contribution in [-0.2, 0) is 32.0 Å². The molecule has 7 heteroatoms. The number of carbonyl (C=O) groups excluding carboxylic acids is 3. The third-order valence-electron chi connectivity index (χ3n) is 4.27. The SMILES string of the molecule is COC(=O)[C@@H](Cc1cccc(C#N)c1)NC(=O)[C@@H](Cc1ccccc1)NC(C)=O. The molecule has 0 radical (unpaired) electrons. The molecule has 2 amide bonds. The molecule has 0 aliphatic heterocycles. The van der Waals surface area contributed by atoms with Gasteiger partial charge in [0.15, 0.2) is 0 Å². The number of methoxy groups -OCH3 is 1. The van der Waals surface area contributed by atoms with Crippen LogP contribution in [0.2, 0.25) is 0 Å². The molecule has 7 nitrogen and oxygen atoms in total. The van der Waals surface area contributed by atoms with Crippen molar-refractivity contribution < 1.29 is 19.1 Å². The zero-order valence-corrected chi connectivity index (χ0v) is 16.3. The first kappa shape index (κ1) is 21.6. The van der Waals surface area contributed by atoms with E-state index in [1.54, 1.807) is 24.3 Å². The minimum Gasteiger partial charge on any atom is -0.467 e. The highest BCUT2D eigenvalue weighted by Gasteiger charge is 2.27. The third kappa shape index (κ3) is 6.78. The van der Waals surface area contributed by atoms with Gasteiger partial charge in [-0.15, -0.1) is 0 Å². The van der Waals surface area contributed by atoms with E-state index < -0.39 is 24.0 Å². The van der Waals surface area contributed by atoms with Crippen LogP contribution in [-0.4, -0.2) is 37.0 Å². The van der Waals surface area contributed by atoms with E-state index in [0.29, 0.717) is 11.1 Å². The number of benzene rings is 2. The second-order valence-corrected chi connectivity index (χ2v) is 6.54. The molecular weight excluding hydrogens is 370 g/mol. The van der Waals surface area contributed by atoms with Gasteiger partial charge in [-0.2, -0.15) is 5.26 Å². The molecule has 2 N–H and O–H groups in total. The summed E-state index contributed by atoms with van der Waals surface area (Å²) in [6.45, 7) is 1.33. The number of ether oxygens (including phenoxy) is 1. The summed E-state index contributed by atoms with van der Waals surface area (Å²) >= 11 is 0. The summed E-state index contributed by atoms with van der Waals surface area (Å²) in [5.41, 5.74) is 2.04. The van der Waals surface area contributed by atoms with Gasteiger partial charge in [0, 0.05) is 19.8 Å². The minimum atomic E-state index is -0.950. The Labute approximate surface area is 169 Å². The van der Waals surface area contributed by atoms with Crippen LogP contribution < -0.4 is 10.6 Å². The lowest BCUT2D eigenvalue weighted by atomic mass is 10.0. The van der Waals surface area contributed by atoms with Crippen molar-refractivity contribution in [2.24, 2.45) is 0 Å². The molecular formula is C22H23N3O4. The van der Waals surface area contributed by atoms with Crippen LogP contribution in [0.5, 0.6) is 0 Å². The monoisotopic (exact) mass is 393 g/mol. The Morgan fingerprint density at radius 1 is 0.966 bits per heavy atom. The quantitative estimate of drug-likeness (QED) is 0.661. The number of amides is 2. The fourth-order valence-corrected chi connectivity index (χ4v) is 2.92. The summed E-state index contributed by atoms with van der Waals surface area (Å²) in [7, 11) is 1.24. The number of hydrogen-bond donors (Lipinski definition) is 2. The topological polar surface area (TPSA) is 108 Å². The van der Waals surface area contributed by atoms with Crippen LogP contribution in [0, 0.1) is 11.3 Å². The van der Waals surface area contributed by atoms with E-state index in [-0.39, 0.29) is 18.7 Å². The lowest BCUT2D eigenvalue weighted by molar-refractivity contribution is -0.145. The van der Waals surface area contributed by atoms with E-state index >= 15 is 0 Å². The Balaban J connectivity index is 2.17. The standard InChI is InChI=1S/C22H23N3O4/c1-15(26)24-19(12-16-7-4-3-5-8-16)21(27)25-20(22(28)29-2)13-17-9-6-10-18(11-17)14-23/h3-11,19-20H,12-13H2,1-2H3,(H,24,26)(H,25,27)/t19-,20-/m1/s1. The van der Waals surface area contributed by atoms with Crippen molar-refractivity contribution in [3.05, 3.63) is 71.3 Å². The second kappa shape index (κ2) is 10.6. The van der Waals surface area contributed by atoms with E-state index in [1.807, 2.05) is 36.4 Å². The van der Waals surface area contributed by atoms with Gasteiger partial charge in [0.05, 0.1) is 18.7 Å². The van der Waals surface area contributed by atoms with Gasteiger partial charge in [0.1, 0.15) is 12.1 Å². The van der Waals surface area contributed by atoms with E-state index in [9.17, 15) is 14.4 Å². The van der Waals surface area contributed by atoms with E-state index in [0.717, 1.165) is 5.56 Å². The van der Waals surface area contributed by atoms with E-state index in [4.69, 9.17) is 10.00 Å². The number of esters is 1. The van der Waals surface area contributed by atoms with Crippen molar-refractivity contribution in [2.75, 3.05) is 7.11 Å². The Kier molecular flexibility index (Phi) is 7.92. The average molecular weight is 393 g/mol. The summed E-state index contributed by atoms with van der Waals surface area (Å²) in [5.74, 6) is -1.45. The van der Waals surface area contributed by atoms with Crippen molar-refractivity contribution in [2.45, 2.75) is 31.8 Å². The maximum Gasteiger partial charge on any atom is 0.328 e. The molecule has 29 heavy (non-hydrogen) atoms. The summed E-state index contributed by atoms with van der Waals surface area (Å²) < 4.78 is 4.82. The number of rotatable bonds is 8. The number of nitriles is 1. The predicted molar refractivity (Wildman–Crippen MR) is 107 cm³/mol. The summed E-state index contributed by atoms with van der Waals surface area (Å²) in [6.07, 6.45) is 0.441. The van der Waals surface area contributed by atoms with Crippen molar-refractivity contribution in [3.8, 4) is 6.07 Å². The lowest BCUT2D eigenvalue weighted by Gasteiger charge is -2.22. The van der Waals surface area contributed by atoms with Crippen LogP contribution in [0.15, 0.2) is 54.6 Å². The molecule has 2 aromatic carbocycles. The molecule has 0 fully saturated rings.